The van der Waals surface area contributed by atoms with Gasteiger partial charge in [0, 0.05) is 18.5 Å². The van der Waals surface area contributed by atoms with Gasteiger partial charge < -0.3 is 10.1 Å². The van der Waals surface area contributed by atoms with Crippen molar-refractivity contribution >= 4 is 39.2 Å². The number of anilines is 1. The number of carbonyl (C=O) groups is 2. The quantitative estimate of drug-likeness (QED) is 0.310. The van der Waals surface area contributed by atoms with Crippen LogP contribution in [-0.2, 0) is 19.6 Å². The summed E-state index contributed by atoms with van der Waals surface area (Å²) in [6, 6.07) is 12.4. The van der Waals surface area contributed by atoms with E-state index in [0.29, 0.717) is 25.1 Å². The minimum atomic E-state index is -3.99. The van der Waals surface area contributed by atoms with Crippen molar-refractivity contribution in [3.05, 3.63) is 71.8 Å². The maximum absolute atomic E-state index is 13.3. The molecule has 0 saturated carbocycles. The molecule has 0 aliphatic carbocycles. The van der Waals surface area contributed by atoms with Crippen molar-refractivity contribution in [1.82, 2.24) is 5.32 Å². The molecule has 0 heterocycles. The average molecular weight is 465 g/mol. The van der Waals surface area contributed by atoms with Gasteiger partial charge in [0.05, 0.1) is 29.3 Å². The van der Waals surface area contributed by atoms with Crippen LogP contribution in [0, 0.1) is 0 Å². The summed E-state index contributed by atoms with van der Waals surface area (Å²) < 4.78 is 32.3. The molecule has 0 atom stereocenters. The lowest BCUT2D eigenvalue weighted by Crippen LogP contribution is -2.32. The standard InChI is InChI=1S/C22H25ClN2O5S/c1-3-15-25(20-12-5-4-11-19(20)23)31(28,29)18-10-8-9-17(16-18)22(27)24-14-7-6-13-21(26)30-2/h3-5,8-12,16H,1,6-7,13-15H2,2H3,(H,24,27). The van der Waals surface area contributed by atoms with Gasteiger partial charge in [-0.1, -0.05) is 35.9 Å². The van der Waals surface area contributed by atoms with Gasteiger partial charge in [-0.25, -0.2) is 8.42 Å². The topological polar surface area (TPSA) is 92.8 Å². The summed E-state index contributed by atoms with van der Waals surface area (Å²) in [7, 11) is -2.66. The molecule has 0 bridgehead atoms. The third-order valence-corrected chi connectivity index (χ3v) is 6.52. The fourth-order valence-corrected chi connectivity index (χ4v) is 4.61. The summed E-state index contributed by atoms with van der Waals surface area (Å²) in [5, 5.41) is 3.01. The molecule has 0 saturated heterocycles. The molecule has 0 radical (unpaired) electrons. The van der Waals surface area contributed by atoms with Crippen LogP contribution in [0.15, 0.2) is 66.1 Å². The zero-order valence-electron chi connectivity index (χ0n) is 17.2. The molecule has 31 heavy (non-hydrogen) atoms. The predicted molar refractivity (Wildman–Crippen MR) is 121 cm³/mol. The first-order valence-electron chi connectivity index (χ1n) is 9.64. The molecule has 2 aromatic rings. The number of methoxy groups -OCH3 is 1. The van der Waals surface area contributed by atoms with E-state index in [2.05, 4.69) is 16.6 Å². The SMILES string of the molecule is C=CCN(c1ccccc1Cl)S(=O)(=O)c1cccc(C(=O)NCCCCC(=O)OC)c1. The van der Waals surface area contributed by atoms with Crippen molar-refractivity contribution in [1.29, 1.82) is 0 Å². The van der Waals surface area contributed by atoms with E-state index in [1.807, 2.05) is 0 Å². The molecule has 0 fully saturated rings. The summed E-state index contributed by atoms with van der Waals surface area (Å²) in [6.45, 7) is 4.00. The van der Waals surface area contributed by atoms with E-state index in [-0.39, 0.29) is 34.4 Å². The van der Waals surface area contributed by atoms with E-state index in [9.17, 15) is 18.0 Å². The van der Waals surface area contributed by atoms with Gasteiger partial charge in [0.1, 0.15) is 0 Å². The number of hydrogen-bond donors (Lipinski definition) is 1. The summed E-state index contributed by atoms with van der Waals surface area (Å²) in [5.41, 5.74) is 0.538. The number of benzene rings is 2. The lowest BCUT2D eigenvalue weighted by atomic mass is 10.2. The van der Waals surface area contributed by atoms with Gasteiger partial charge in [-0.15, -0.1) is 6.58 Å². The number of carbonyl (C=O) groups excluding carboxylic acids is 2. The Morgan fingerprint density at radius 1 is 1.16 bits per heavy atom. The van der Waals surface area contributed by atoms with Crippen molar-refractivity contribution in [2.24, 2.45) is 0 Å². The second-order valence-electron chi connectivity index (χ2n) is 6.59. The molecule has 0 unspecified atom stereocenters. The number of hydrogen-bond acceptors (Lipinski definition) is 5. The molecule has 9 heteroatoms. The van der Waals surface area contributed by atoms with Gasteiger partial charge in [0.15, 0.2) is 0 Å². The monoisotopic (exact) mass is 464 g/mol. The van der Waals surface area contributed by atoms with Crippen LogP contribution in [0.5, 0.6) is 0 Å². The van der Waals surface area contributed by atoms with Gasteiger partial charge in [-0.2, -0.15) is 0 Å². The Balaban J connectivity index is 2.16. The molecule has 166 valence electrons. The number of unbranched alkanes of at least 4 members (excludes halogenated alkanes) is 1. The first-order chi connectivity index (χ1) is 14.8. The van der Waals surface area contributed by atoms with Crippen LogP contribution in [-0.4, -0.2) is 40.5 Å². The van der Waals surface area contributed by atoms with Crippen LogP contribution in [0.25, 0.3) is 0 Å². The largest absolute Gasteiger partial charge is 0.469 e. The molecule has 0 aliphatic rings. The molecule has 2 rings (SSSR count). The van der Waals surface area contributed by atoms with Crippen molar-refractivity contribution in [3.8, 4) is 0 Å². The predicted octanol–water partition coefficient (Wildman–Crippen LogP) is 3.79. The highest BCUT2D eigenvalue weighted by Crippen LogP contribution is 2.30. The van der Waals surface area contributed by atoms with Crippen molar-refractivity contribution in [2.75, 3.05) is 24.5 Å². The number of esters is 1. The number of sulfonamides is 1. The van der Waals surface area contributed by atoms with Crippen molar-refractivity contribution in [2.45, 2.75) is 24.2 Å². The third kappa shape index (κ3) is 6.57. The van der Waals surface area contributed by atoms with Crippen LogP contribution in [0.3, 0.4) is 0 Å². The molecule has 2 aromatic carbocycles. The number of nitrogens with zero attached hydrogens (tertiary/aromatic N) is 1. The van der Waals surface area contributed by atoms with Gasteiger partial charge in [0.2, 0.25) is 0 Å². The van der Waals surface area contributed by atoms with Crippen molar-refractivity contribution < 1.29 is 22.7 Å². The first-order valence-corrected chi connectivity index (χ1v) is 11.5. The number of ether oxygens (including phenoxy) is 1. The second-order valence-corrected chi connectivity index (χ2v) is 8.86. The Kier molecular flexibility index (Phi) is 9.08. The summed E-state index contributed by atoms with van der Waals surface area (Å²) in [4.78, 5) is 23.5. The highest BCUT2D eigenvalue weighted by molar-refractivity contribution is 7.92. The van der Waals surface area contributed by atoms with Crippen molar-refractivity contribution in [3.63, 3.8) is 0 Å². The normalized spacial score (nSPS) is 10.9. The van der Waals surface area contributed by atoms with E-state index in [0.717, 1.165) is 4.31 Å². The fourth-order valence-electron chi connectivity index (χ4n) is 2.82. The Morgan fingerprint density at radius 2 is 1.90 bits per heavy atom. The molecule has 1 amide bonds. The molecule has 0 aliphatic heterocycles. The maximum Gasteiger partial charge on any atom is 0.305 e. The first kappa shape index (κ1) is 24.4. The highest BCUT2D eigenvalue weighted by atomic mass is 35.5. The lowest BCUT2D eigenvalue weighted by molar-refractivity contribution is -0.140. The summed E-state index contributed by atoms with van der Waals surface area (Å²) in [5.74, 6) is -0.699. The van der Waals surface area contributed by atoms with E-state index in [4.69, 9.17) is 11.6 Å². The van der Waals surface area contributed by atoms with Gasteiger partial charge in [-0.05, 0) is 43.2 Å². The minimum absolute atomic E-state index is 0.0166. The zero-order valence-corrected chi connectivity index (χ0v) is 18.8. The van der Waals surface area contributed by atoms with E-state index in [1.165, 1.54) is 37.5 Å². The lowest BCUT2D eigenvalue weighted by Gasteiger charge is -2.24. The average Bonchev–Trinajstić information content (AvgIpc) is 2.77. The number of para-hydroxylation sites is 1. The molecular formula is C22H25ClN2O5S. The molecular weight excluding hydrogens is 440 g/mol. The smallest absolute Gasteiger partial charge is 0.305 e. The maximum atomic E-state index is 13.3. The Hall–Kier alpha value is -2.84. The molecule has 7 nitrogen and oxygen atoms in total. The fraction of sp³-hybridized carbons (Fsp3) is 0.273. The number of halogens is 1. The zero-order chi connectivity index (χ0) is 22.9. The molecule has 0 spiro atoms. The number of amides is 1. The van der Waals surface area contributed by atoms with Crippen LogP contribution < -0.4 is 9.62 Å². The Morgan fingerprint density at radius 3 is 2.58 bits per heavy atom. The van der Waals surface area contributed by atoms with Crippen LogP contribution >= 0.6 is 11.6 Å². The number of rotatable bonds is 11. The highest BCUT2D eigenvalue weighted by Gasteiger charge is 2.26. The Labute approximate surface area is 187 Å². The Bertz CT molecular complexity index is 1040. The van der Waals surface area contributed by atoms with Crippen LogP contribution in [0.1, 0.15) is 29.6 Å². The van der Waals surface area contributed by atoms with Gasteiger partial charge in [0.25, 0.3) is 15.9 Å². The van der Waals surface area contributed by atoms with Gasteiger partial charge in [-0.3, -0.25) is 13.9 Å². The third-order valence-electron chi connectivity index (χ3n) is 4.42. The number of nitrogens with one attached hydrogen (secondary N) is 1. The van der Waals surface area contributed by atoms with E-state index >= 15 is 0 Å². The summed E-state index contributed by atoms with van der Waals surface area (Å²) >= 11 is 6.21. The molecule has 0 aromatic heterocycles. The van der Waals surface area contributed by atoms with Gasteiger partial charge >= 0.3 is 5.97 Å². The van der Waals surface area contributed by atoms with E-state index in [1.54, 1.807) is 24.3 Å². The van der Waals surface area contributed by atoms with E-state index < -0.39 is 15.9 Å². The minimum Gasteiger partial charge on any atom is -0.469 e. The second kappa shape index (κ2) is 11.5. The van der Waals surface area contributed by atoms with Crippen LogP contribution in [0.2, 0.25) is 5.02 Å². The van der Waals surface area contributed by atoms with Crippen LogP contribution in [0.4, 0.5) is 5.69 Å². The molecule has 1 N–H and O–H groups in total. The summed E-state index contributed by atoms with van der Waals surface area (Å²) in [6.07, 6.45) is 2.92.